The standard InChI is InChI=1S/C9H14O7/c1-7(3-11)8(14)6(13)5(4(12)2-10)16-9(7,8)15/h3-6,10,12-15H,2H2,1H3/t4-,5-,6-,7?,8-,9-/m1/s1. The van der Waals surface area contributed by atoms with Gasteiger partial charge in [-0.1, -0.05) is 0 Å². The molecule has 1 aliphatic heterocycles. The van der Waals surface area contributed by atoms with Gasteiger partial charge >= 0.3 is 0 Å². The summed E-state index contributed by atoms with van der Waals surface area (Å²) in [5, 5.41) is 47.6. The summed E-state index contributed by atoms with van der Waals surface area (Å²) >= 11 is 0. The van der Waals surface area contributed by atoms with Gasteiger partial charge in [-0.05, 0) is 6.92 Å². The maximum atomic E-state index is 10.8. The molecule has 16 heavy (non-hydrogen) atoms. The zero-order valence-corrected chi connectivity index (χ0v) is 8.57. The monoisotopic (exact) mass is 234 g/mol. The van der Waals surface area contributed by atoms with E-state index < -0.39 is 41.7 Å². The Morgan fingerprint density at radius 2 is 2.06 bits per heavy atom. The van der Waals surface area contributed by atoms with Crippen molar-refractivity contribution in [2.24, 2.45) is 5.41 Å². The Labute approximate surface area is 90.9 Å². The molecule has 1 heterocycles. The fourth-order valence-electron chi connectivity index (χ4n) is 2.48. The normalized spacial score (nSPS) is 56.9. The lowest BCUT2D eigenvalue weighted by molar-refractivity contribution is -0.198. The second-order valence-electron chi connectivity index (χ2n) is 4.51. The van der Waals surface area contributed by atoms with Crippen LogP contribution in [0.3, 0.4) is 0 Å². The number of fused-ring (bicyclic) bond motifs is 1. The van der Waals surface area contributed by atoms with E-state index in [0.717, 1.165) is 0 Å². The van der Waals surface area contributed by atoms with Crippen molar-refractivity contribution >= 4 is 6.29 Å². The molecule has 1 aliphatic carbocycles. The van der Waals surface area contributed by atoms with Gasteiger partial charge < -0.3 is 35.1 Å². The number of rotatable bonds is 3. The average molecular weight is 234 g/mol. The number of aliphatic hydroxyl groups excluding tert-OH is 3. The third-order valence-electron chi connectivity index (χ3n) is 3.80. The van der Waals surface area contributed by atoms with Gasteiger partial charge in [0.05, 0.1) is 6.61 Å². The van der Waals surface area contributed by atoms with Crippen molar-refractivity contribution in [2.75, 3.05) is 6.61 Å². The summed E-state index contributed by atoms with van der Waals surface area (Å²) in [5.74, 6) is -2.21. The molecule has 0 spiro atoms. The first kappa shape index (κ1) is 11.9. The molecule has 0 aromatic heterocycles. The predicted octanol–water partition coefficient (Wildman–Crippen LogP) is -3.26. The molecule has 5 N–H and O–H groups in total. The van der Waals surface area contributed by atoms with Crippen molar-refractivity contribution in [3.05, 3.63) is 0 Å². The topological polar surface area (TPSA) is 127 Å². The fraction of sp³-hybridized carbons (Fsp3) is 0.889. The van der Waals surface area contributed by atoms with Gasteiger partial charge in [-0.15, -0.1) is 0 Å². The van der Waals surface area contributed by atoms with Crippen LogP contribution in [0.25, 0.3) is 0 Å². The number of carbonyl (C=O) groups excluding carboxylic acids is 1. The van der Waals surface area contributed by atoms with Crippen LogP contribution < -0.4 is 0 Å². The minimum Gasteiger partial charge on any atom is -0.394 e. The molecule has 0 aromatic rings. The van der Waals surface area contributed by atoms with E-state index in [9.17, 15) is 25.2 Å². The first-order chi connectivity index (χ1) is 7.30. The van der Waals surface area contributed by atoms with Crippen molar-refractivity contribution in [1.82, 2.24) is 0 Å². The maximum absolute atomic E-state index is 10.8. The highest BCUT2D eigenvalue weighted by molar-refractivity contribution is 5.73. The van der Waals surface area contributed by atoms with Crippen LogP contribution in [0.4, 0.5) is 0 Å². The first-order valence-corrected chi connectivity index (χ1v) is 4.86. The predicted molar refractivity (Wildman–Crippen MR) is 48.0 cm³/mol. The molecular weight excluding hydrogens is 220 g/mol. The van der Waals surface area contributed by atoms with Crippen LogP contribution in [0.2, 0.25) is 0 Å². The second-order valence-corrected chi connectivity index (χ2v) is 4.51. The van der Waals surface area contributed by atoms with Crippen LogP contribution in [0, 0.1) is 5.41 Å². The Morgan fingerprint density at radius 1 is 1.50 bits per heavy atom. The zero-order valence-electron chi connectivity index (χ0n) is 8.57. The number of carbonyl (C=O) groups is 1. The molecule has 6 atom stereocenters. The number of ether oxygens (including phenoxy) is 1. The van der Waals surface area contributed by atoms with Gasteiger partial charge in [-0.25, -0.2) is 0 Å². The van der Waals surface area contributed by atoms with Gasteiger partial charge in [0, 0.05) is 0 Å². The van der Waals surface area contributed by atoms with E-state index in [0.29, 0.717) is 6.29 Å². The molecule has 2 rings (SSSR count). The molecule has 92 valence electrons. The summed E-state index contributed by atoms with van der Waals surface area (Å²) in [6.07, 6.45) is -4.10. The molecule has 7 heteroatoms. The Kier molecular flexibility index (Phi) is 2.24. The molecule has 1 saturated heterocycles. The Bertz CT molecular complexity index is 334. The fourth-order valence-corrected chi connectivity index (χ4v) is 2.48. The third-order valence-corrected chi connectivity index (χ3v) is 3.80. The lowest BCUT2D eigenvalue weighted by Crippen LogP contribution is -2.47. The van der Waals surface area contributed by atoms with E-state index in [-0.39, 0.29) is 0 Å². The Hall–Kier alpha value is -0.570. The highest BCUT2D eigenvalue weighted by Gasteiger charge is 2.95. The highest BCUT2D eigenvalue weighted by atomic mass is 16.7. The summed E-state index contributed by atoms with van der Waals surface area (Å²) < 4.78 is 4.91. The first-order valence-electron chi connectivity index (χ1n) is 4.86. The minimum atomic E-state index is -2.21. The second kappa shape index (κ2) is 3.00. The average Bonchev–Trinajstić information content (AvgIpc) is 2.53. The molecule has 1 saturated carbocycles. The molecular formula is C9H14O7. The van der Waals surface area contributed by atoms with Crippen LogP contribution in [-0.2, 0) is 9.53 Å². The van der Waals surface area contributed by atoms with E-state index in [1.807, 2.05) is 0 Å². The van der Waals surface area contributed by atoms with Crippen molar-refractivity contribution in [1.29, 1.82) is 0 Å². The number of aldehydes is 1. The largest absolute Gasteiger partial charge is 0.394 e. The van der Waals surface area contributed by atoms with Crippen molar-refractivity contribution < 1.29 is 35.1 Å². The highest BCUT2D eigenvalue weighted by Crippen LogP contribution is 2.70. The summed E-state index contributed by atoms with van der Waals surface area (Å²) in [7, 11) is 0. The molecule has 0 radical (unpaired) electrons. The smallest absolute Gasteiger partial charge is 0.214 e. The number of hydrogen-bond acceptors (Lipinski definition) is 7. The quantitative estimate of drug-likeness (QED) is 0.324. The maximum Gasteiger partial charge on any atom is 0.214 e. The number of aliphatic hydroxyl groups is 5. The van der Waals surface area contributed by atoms with Crippen LogP contribution in [0.1, 0.15) is 6.92 Å². The minimum absolute atomic E-state index is 0.303. The molecule has 2 aliphatic rings. The third kappa shape index (κ3) is 0.885. The molecule has 7 nitrogen and oxygen atoms in total. The van der Waals surface area contributed by atoms with Crippen LogP contribution in [0.15, 0.2) is 0 Å². The lowest BCUT2D eigenvalue weighted by atomic mass is 9.95. The summed E-state index contributed by atoms with van der Waals surface area (Å²) in [5.41, 5.74) is -3.76. The van der Waals surface area contributed by atoms with Gasteiger partial charge in [-0.2, -0.15) is 0 Å². The van der Waals surface area contributed by atoms with Gasteiger partial charge in [0.25, 0.3) is 0 Å². The van der Waals surface area contributed by atoms with E-state index in [4.69, 9.17) is 9.84 Å². The molecule has 2 fully saturated rings. The van der Waals surface area contributed by atoms with E-state index >= 15 is 0 Å². The van der Waals surface area contributed by atoms with Crippen molar-refractivity contribution in [2.45, 2.75) is 36.6 Å². The Morgan fingerprint density at radius 3 is 2.38 bits per heavy atom. The molecule has 0 aromatic carbocycles. The lowest BCUT2D eigenvalue weighted by Gasteiger charge is -2.26. The van der Waals surface area contributed by atoms with Crippen LogP contribution >= 0.6 is 0 Å². The van der Waals surface area contributed by atoms with Crippen LogP contribution in [0.5, 0.6) is 0 Å². The summed E-state index contributed by atoms with van der Waals surface area (Å²) in [4.78, 5) is 10.8. The summed E-state index contributed by atoms with van der Waals surface area (Å²) in [6, 6.07) is 0. The van der Waals surface area contributed by atoms with Crippen molar-refractivity contribution in [3.63, 3.8) is 0 Å². The van der Waals surface area contributed by atoms with E-state index in [1.165, 1.54) is 6.92 Å². The van der Waals surface area contributed by atoms with Crippen molar-refractivity contribution in [3.8, 4) is 0 Å². The zero-order chi connectivity index (χ0) is 12.4. The van der Waals surface area contributed by atoms with E-state index in [2.05, 4.69) is 0 Å². The van der Waals surface area contributed by atoms with Gasteiger partial charge in [0.2, 0.25) is 5.79 Å². The number of hydrogen-bond donors (Lipinski definition) is 5. The molecule has 1 unspecified atom stereocenters. The SMILES string of the molecule is CC1(C=O)[C@]2(O)[C@H](O)[C@@H]([C@H](O)CO)O[C@]12O. The van der Waals surface area contributed by atoms with Gasteiger partial charge in [-0.3, -0.25) is 0 Å². The summed E-state index contributed by atoms with van der Waals surface area (Å²) in [6.45, 7) is 0.552. The van der Waals surface area contributed by atoms with Gasteiger partial charge in [0.15, 0.2) is 5.60 Å². The molecule has 0 amide bonds. The molecule has 0 bridgehead atoms. The van der Waals surface area contributed by atoms with E-state index in [1.54, 1.807) is 0 Å². The Balaban J connectivity index is 2.30. The van der Waals surface area contributed by atoms with Crippen LogP contribution in [-0.4, -0.2) is 68.1 Å². The van der Waals surface area contributed by atoms with Gasteiger partial charge in [0.1, 0.15) is 30.0 Å².